The number of benzene rings is 1. The molecule has 0 aliphatic carbocycles. The molecule has 4 heteroatoms. The van der Waals surface area contributed by atoms with Crippen molar-refractivity contribution >= 4 is 25.8 Å². The van der Waals surface area contributed by atoms with Crippen LogP contribution in [-0.2, 0) is 9.16 Å². The van der Waals surface area contributed by atoms with Crippen molar-refractivity contribution < 1.29 is 9.16 Å². The Morgan fingerprint density at radius 1 is 1.18 bits per heavy atom. The van der Waals surface area contributed by atoms with Gasteiger partial charge in [0.05, 0.1) is 12.8 Å². The van der Waals surface area contributed by atoms with Gasteiger partial charge < -0.3 is 9.16 Å². The Bertz CT molecular complexity index is 311. The maximum absolute atomic E-state index is 6.10. The van der Waals surface area contributed by atoms with Crippen molar-refractivity contribution in [3.63, 3.8) is 0 Å². The zero-order valence-electron chi connectivity index (χ0n) is 10.7. The second kappa shape index (κ2) is 7.16. The number of hydrogen-bond donors (Lipinski definition) is 0. The molecule has 0 bridgehead atoms. The first-order chi connectivity index (χ1) is 8.03. The second-order valence-electron chi connectivity index (χ2n) is 4.75. The van der Waals surface area contributed by atoms with E-state index in [2.05, 4.69) is 32.9 Å². The van der Waals surface area contributed by atoms with Crippen LogP contribution in [0, 0.1) is 0 Å². The van der Waals surface area contributed by atoms with Crippen LogP contribution in [0.5, 0.6) is 0 Å². The zero-order valence-corrected chi connectivity index (χ0v) is 12.5. The Morgan fingerprint density at radius 3 is 2.35 bits per heavy atom. The van der Waals surface area contributed by atoms with E-state index in [4.69, 9.17) is 20.8 Å². The van der Waals surface area contributed by atoms with E-state index < -0.39 is 9.04 Å². The first kappa shape index (κ1) is 14.7. The molecule has 1 radical (unpaired) electrons. The summed E-state index contributed by atoms with van der Waals surface area (Å²) >= 11 is 5.61. The van der Waals surface area contributed by atoms with Crippen molar-refractivity contribution in [1.29, 1.82) is 0 Å². The number of hydrogen-bond acceptors (Lipinski definition) is 2. The third-order valence-electron chi connectivity index (χ3n) is 1.98. The summed E-state index contributed by atoms with van der Waals surface area (Å²) in [6.45, 7) is 6.79. The van der Waals surface area contributed by atoms with Crippen LogP contribution >= 0.6 is 11.6 Å². The first-order valence-electron chi connectivity index (χ1n) is 5.77. The fourth-order valence-electron chi connectivity index (χ4n) is 1.38. The fourth-order valence-corrected chi connectivity index (χ4v) is 3.47. The van der Waals surface area contributed by atoms with Crippen LogP contribution in [0.4, 0.5) is 0 Å². The molecule has 0 unspecified atom stereocenters. The van der Waals surface area contributed by atoms with Gasteiger partial charge in [-0.25, -0.2) is 0 Å². The van der Waals surface area contributed by atoms with Crippen molar-refractivity contribution in [2.75, 3.05) is 18.7 Å². The van der Waals surface area contributed by atoms with E-state index in [9.17, 15) is 0 Å². The summed E-state index contributed by atoms with van der Waals surface area (Å²) in [6.07, 6.45) is 0.638. The highest BCUT2D eigenvalue weighted by atomic mass is 35.5. The van der Waals surface area contributed by atoms with Gasteiger partial charge >= 0.3 is 0 Å². The van der Waals surface area contributed by atoms with Gasteiger partial charge in [-0.2, -0.15) is 0 Å². The molecule has 1 aromatic rings. The summed E-state index contributed by atoms with van der Waals surface area (Å²) in [4.78, 5) is 0. The largest absolute Gasteiger partial charge is 0.405 e. The van der Waals surface area contributed by atoms with E-state index >= 15 is 0 Å². The average molecular weight is 272 g/mol. The molecular weight excluding hydrogens is 252 g/mol. The third-order valence-corrected chi connectivity index (χ3v) is 4.44. The molecule has 0 saturated carbocycles. The van der Waals surface area contributed by atoms with Crippen LogP contribution < -0.4 is 5.19 Å². The van der Waals surface area contributed by atoms with Crippen LogP contribution in [0.1, 0.15) is 20.8 Å². The minimum absolute atomic E-state index is 0.144. The van der Waals surface area contributed by atoms with Crippen molar-refractivity contribution in [1.82, 2.24) is 0 Å². The van der Waals surface area contributed by atoms with Crippen molar-refractivity contribution in [2.24, 2.45) is 0 Å². The molecule has 0 heterocycles. The molecule has 2 nitrogen and oxygen atoms in total. The molecular formula is C13H20ClO2Si. The quantitative estimate of drug-likeness (QED) is 0.450. The van der Waals surface area contributed by atoms with E-state index in [1.54, 1.807) is 0 Å². The average Bonchev–Trinajstić information content (AvgIpc) is 2.28. The predicted molar refractivity (Wildman–Crippen MR) is 74.2 cm³/mol. The lowest BCUT2D eigenvalue weighted by Gasteiger charge is -2.26. The maximum Gasteiger partial charge on any atom is 0.274 e. The first-order valence-corrected chi connectivity index (χ1v) is 7.92. The van der Waals surface area contributed by atoms with Crippen LogP contribution in [0.2, 0.25) is 0 Å². The lowest BCUT2D eigenvalue weighted by atomic mass is 10.2. The van der Waals surface area contributed by atoms with E-state index in [1.807, 2.05) is 18.2 Å². The highest BCUT2D eigenvalue weighted by molar-refractivity contribution is 6.67. The zero-order chi connectivity index (χ0) is 12.7. The molecule has 95 valence electrons. The molecule has 0 spiro atoms. The molecule has 0 saturated heterocycles. The Labute approximate surface area is 111 Å². The molecule has 0 aliphatic heterocycles. The minimum atomic E-state index is -1.13. The van der Waals surface area contributed by atoms with E-state index in [1.165, 1.54) is 5.19 Å². The van der Waals surface area contributed by atoms with Crippen molar-refractivity contribution in [2.45, 2.75) is 26.4 Å². The third kappa shape index (κ3) is 6.22. The summed E-state index contributed by atoms with van der Waals surface area (Å²) in [6, 6.07) is 10.3. The predicted octanol–water partition coefficient (Wildman–Crippen LogP) is 2.49. The van der Waals surface area contributed by atoms with Gasteiger partial charge in [0.1, 0.15) is 0 Å². The van der Waals surface area contributed by atoms with Crippen LogP contribution in [0.3, 0.4) is 0 Å². The van der Waals surface area contributed by atoms with Crippen molar-refractivity contribution in [3.8, 4) is 0 Å². The smallest absolute Gasteiger partial charge is 0.274 e. The van der Waals surface area contributed by atoms with E-state index in [0.717, 1.165) is 0 Å². The minimum Gasteiger partial charge on any atom is -0.405 e. The summed E-state index contributed by atoms with van der Waals surface area (Å²) in [5.41, 5.74) is -0.144. The summed E-state index contributed by atoms with van der Waals surface area (Å²) < 4.78 is 11.6. The topological polar surface area (TPSA) is 18.5 Å². The number of halogens is 1. The van der Waals surface area contributed by atoms with Gasteiger partial charge in [0.15, 0.2) is 0 Å². The number of alkyl halides is 1. The van der Waals surface area contributed by atoms with Crippen LogP contribution in [-0.4, -0.2) is 33.4 Å². The number of rotatable bonds is 6. The van der Waals surface area contributed by atoms with Gasteiger partial charge in [-0.1, -0.05) is 30.3 Å². The maximum atomic E-state index is 6.10. The highest BCUT2D eigenvalue weighted by Gasteiger charge is 2.23. The Balaban J connectivity index is 2.65. The Morgan fingerprint density at radius 2 is 1.82 bits per heavy atom. The summed E-state index contributed by atoms with van der Waals surface area (Å²) in [5, 5.41) is 1.24. The summed E-state index contributed by atoms with van der Waals surface area (Å²) in [5.74, 6) is 0.527. The van der Waals surface area contributed by atoms with Gasteiger partial charge in [-0.15, -0.1) is 11.6 Å². The molecule has 1 aromatic carbocycles. The lowest BCUT2D eigenvalue weighted by molar-refractivity contribution is 0.109. The molecule has 0 amide bonds. The molecule has 1 rings (SSSR count). The molecule has 0 aromatic heterocycles. The van der Waals surface area contributed by atoms with Gasteiger partial charge in [0.25, 0.3) is 9.04 Å². The van der Waals surface area contributed by atoms with E-state index in [0.29, 0.717) is 18.7 Å². The van der Waals surface area contributed by atoms with Gasteiger partial charge in [-0.05, 0) is 26.0 Å². The second-order valence-corrected chi connectivity index (χ2v) is 7.04. The molecule has 0 atom stereocenters. The monoisotopic (exact) mass is 271 g/mol. The standard InChI is InChI=1S/C13H20ClO2Si/c1-13(2,3)16-17(11-15-10-9-14)12-7-5-4-6-8-12/h4-8H,9-11H2,1-3H3. The van der Waals surface area contributed by atoms with Crippen LogP contribution in [0.15, 0.2) is 30.3 Å². The van der Waals surface area contributed by atoms with Gasteiger partial charge in [0, 0.05) is 11.5 Å². The SMILES string of the molecule is CC(C)(C)O[Si](COCCCl)c1ccccc1. The Kier molecular flexibility index (Phi) is 6.20. The van der Waals surface area contributed by atoms with Gasteiger partial charge in [-0.3, -0.25) is 0 Å². The van der Waals surface area contributed by atoms with Gasteiger partial charge in [0.2, 0.25) is 0 Å². The lowest BCUT2D eigenvalue weighted by Crippen LogP contribution is -2.44. The summed E-state index contributed by atoms with van der Waals surface area (Å²) in [7, 11) is -1.13. The van der Waals surface area contributed by atoms with Crippen LogP contribution in [0.25, 0.3) is 0 Å². The molecule has 0 N–H and O–H groups in total. The van der Waals surface area contributed by atoms with Crippen molar-refractivity contribution in [3.05, 3.63) is 30.3 Å². The Hall–Kier alpha value is -0.353. The molecule has 0 aliphatic rings. The molecule has 17 heavy (non-hydrogen) atoms. The fraction of sp³-hybridized carbons (Fsp3) is 0.538. The molecule has 0 fully saturated rings. The highest BCUT2D eigenvalue weighted by Crippen LogP contribution is 2.09. The van der Waals surface area contributed by atoms with E-state index in [-0.39, 0.29) is 5.60 Å². The normalized spacial score (nSPS) is 12.1. The number of ether oxygens (including phenoxy) is 1.